The third kappa shape index (κ3) is 17.3. The van der Waals surface area contributed by atoms with Gasteiger partial charge >= 0.3 is 12.1 Å². The highest BCUT2D eigenvalue weighted by Crippen LogP contribution is 2.35. The van der Waals surface area contributed by atoms with Gasteiger partial charge in [0.2, 0.25) is 12.2 Å². The lowest BCUT2D eigenvalue weighted by Crippen LogP contribution is -2.52. The van der Waals surface area contributed by atoms with E-state index in [9.17, 15) is 29.3 Å². The number of carbonyl (C=O) groups excluding carboxylic acids is 4. The summed E-state index contributed by atoms with van der Waals surface area (Å²) in [5.41, 5.74) is 0.446. The first-order valence-corrected chi connectivity index (χ1v) is 18.6. The number of ketones is 1. The summed E-state index contributed by atoms with van der Waals surface area (Å²) in [5.74, 6) is 1.51. The average molecular weight is 801 g/mol. The van der Waals surface area contributed by atoms with E-state index < -0.39 is 35.3 Å². The number of carbonyl (C=O) groups is 4. The van der Waals surface area contributed by atoms with E-state index in [2.05, 4.69) is 11.2 Å². The van der Waals surface area contributed by atoms with Crippen molar-refractivity contribution in [2.75, 3.05) is 58.2 Å². The zero-order valence-electron chi connectivity index (χ0n) is 32.8. The number of benzene rings is 2. The molecule has 0 saturated carbocycles. The first-order valence-electron chi connectivity index (χ1n) is 18.6. The van der Waals surface area contributed by atoms with Crippen LogP contribution in [0.5, 0.6) is 11.5 Å². The van der Waals surface area contributed by atoms with Crippen molar-refractivity contribution in [1.82, 2.24) is 0 Å². The van der Waals surface area contributed by atoms with Crippen molar-refractivity contribution in [3.05, 3.63) is 58.1 Å². The zero-order chi connectivity index (χ0) is 41.6. The molecule has 1 saturated heterocycles. The molecule has 1 heterocycles. The monoisotopic (exact) mass is 800 g/mol. The van der Waals surface area contributed by atoms with E-state index in [0.717, 1.165) is 0 Å². The molecule has 2 unspecified atom stereocenters. The van der Waals surface area contributed by atoms with Crippen molar-refractivity contribution < 1.29 is 66.7 Å². The van der Waals surface area contributed by atoms with E-state index in [0.29, 0.717) is 63.9 Å². The van der Waals surface area contributed by atoms with Gasteiger partial charge in [0.05, 0.1) is 50.7 Å². The van der Waals surface area contributed by atoms with Gasteiger partial charge in [0, 0.05) is 62.1 Å². The van der Waals surface area contributed by atoms with Crippen molar-refractivity contribution in [3.8, 4) is 23.8 Å². The van der Waals surface area contributed by atoms with E-state index in [-0.39, 0.29) is 73.4 Å². The summed E-state index contributed by atoms with van der Waals surface area (Å²) in [7, 11) is 0. The standard InChI is InChI=1S/C40H52N2O15/c1-6-17-49-19-21-51-23-24-52-22-20-50-18-7-8-34(44)12-16-37(45)41-32-9-15-36(57-39-38(55-30(5)43)28(3)27(2)29(4)54-39)31(25-32)26-53-40(46)56-35-13-10-33(11-14-35)42(47)48/h1,9-11,13-15,25,27-29,38-39H,7-8,12,16-24,26H2,2-5H3,(H,41,45)/t27-,28-,29?,38?,39-/m0/s1. The van der Waals surface area contributed by atoms with Crippen LogP contribution in [0.15, 0.2) is 42.5 Å². The number of nitrogens with zero attached hydrogens (tertiary/aromatic N) is 1. The third-order valence-corrected chi connectivity index (χ3v) is 8.87. The topological polar surface area (TPSA) is 207 Å². The number of hydrogen-bond donors (Lipinski definition) is 1. The van der Waals surface area contributed by atoms with Crippen LogP contribution >= 0.6 is 0 Å². The minimum absolute atomic E-state index is 0.0183. The molecule has 5 atom stereocenters. The second kappa shape index (κ2) is 25.2. The maximum absolute atomic E-state index is 12.8. The van der Waals surface area contributed by atoms with Crippen LogP contribution in [0.4, 0.5) is 16.2 Å². The molecule has 1 fully saturated rings. The molecule has 3 rings (SSSR count). The molecule has 0 spiro atoms. The third-order valence-electron chi connectivity index (χ3n) is 8.87. The predicted octanol–water partition coefficient (Wildman–Crippen LogP) is 5.41. The van der Waals surface area contributed by atoms with Crippen LogP contribution in [-0.2, 0) is 54.1 Å². The highest BCUT2D eigenvalue weighted by molar-refractivity contribution is 5.93. The van der Waals surface area contributed by atoms with Gasteiger partial charge in [-0.3, -0.25) is 24.5 Å². The molecule has 0 radical (unpaired) electrons. The number of Topliss-reactive ketones (excluding diaryl/α,β-unsaturated/α-hetero) is 1. The molecule has 17 nitrogen and oxygen atoms in total. The Kier molecular flexibility index (Phi) is 20.5. The quantitative estimate of drug-likeness (QED) is 0.0333. The van der Waals surface area contributed by atoms with Gasteiger partial charge in [0.15, 0.2) is 6.10 Å². The van der Waals surface area contributed by atoms with E-state index in [1.54, 1.807) is 12.1 Å². The Bertz CT molecular complexity index is 1640. The molecule has 1 N–H and O–H groups in total. The second-order valence-corrected chi connectivity index (χ2v) is 13.1. The van der Waals surface area contributed by atoms with Gasteiger partial charge < -0.3 is 47.9 Å². The molecule has 2 aromatic carbocycles. The molecule has 0 aliphatic carbocycles. The van der Waals surface area contributed by atoms with Crippen LogP contribution in [0.3, 0.4) is 0 Å². The fourth-order valence-corrected chi connectivity index (χ4v) is 5.51. The number of anilines is 1. The molecular weight excluding hydrogens is 748 g/mol. The van der Waals surface area contributed by atoms with Crippen LogP contribution in [0.1, 0.15) is 58.9 Å². The van der Waals surface area contributed by atoms with Gasteiger partial charge in [-0.1, -0.05) is 19.8 Å². The van der Waals surface area contributed by atoms with Crippen LogP contribution < -0.4 is 14.8 Å². The van der Waals surface area contributed by atoms with Crippen molar-refractivity contribution >= 4 is 35.2 Å². The molecule has 57 heavy (non-hydrogen) atoms. The van der Waals surface area contributed by atoms with E-state index in [1.807, 2.05) is 20.8 Å². The van der Waals surface area contributed by atoms with Gasteiger partial charge in [-0.25, -0.2) is 4.79 Å². The van der Waals surface area contributed by atoms with Crippen molar-refractivity contribution in [1.29, 1.82) is 0 Å². The predicted molar refractivity (Wildman–Crippen MR) is 203 cm³/mol. The molecule has 1 aliphatic heterocycles. The van der Waals surface area contributed by atoms with Gasteiger partial charge in [-0.2, -0.15) is 0 Å². The normalized spacial score (nSPS) is 18.8. The lowest BCUT2D eigenvalue weighted by Gasteiger charge is -2.42. The molecule has 2 aromatic rings. The summed E-state index contributed by atoms with van der Waals surface area (Å²) in [6.07, 6.45) is 2.70. The number of non-ortho nitro benzene ring substituents is 1. The van der Waals surface area contributed by atoms with Gasteiger partial charge in [-0.15, -0.1) is 6.42 Å². The maximum atomic E-state index is 12.8. The molecule has 17 heteroatoms. The first-order chi connectivity index (χ1) is 27.4. The van der Waals surface area contributed by atoms with Crippen molar-refractivity contribution in [2.45, 2.75) is 78.5 Å². The highest BCUT2D eigenvalue weighted by Gasteiger charge is 2.43. The van der Waals surface area contributed by atoms with Crippen molar-refractivity contribution in [2.24, 2.45) is 11.8 Å². The lowest BCUT2D eigenvalue weighted by molar-refractivity contribution is -0.384. The number of terminal acetylenes is 1. The largest absolute Gasteiger partial charge is 0.514 e. The Morgan fingerprint density at radius 3 is 2.14 bits per heavy atom. The Morgan fingerprint density at radius 1 is 0.860 bits per heavy atom. The van der Waals surface area contributed by atoms with Crippen LogP contribution in [0, 0.1) is 34.3 Å². The minimum atomic E-state index is -1.11. The van der Waals surface area contributed by atoms with E-state index >= 15 is 0 Å². The Morgan fingerprint density at radius 2 is 1.51 bits per heavy atom. The number of hydrogen-bond acceptors (Lipinski definition) is 15. The summed E-state index contributed by atoms with van der Waals surface area (Å²) in [6.45, 7) is 9.79. The molecule has 0 aromatic heterocycles. The molecule has 1 aliphatic rings. The minimum Gasteiger partial charge on any atom is -0.460 e. The lowest BCUT2D eigenvalue weighted by atomic mass is 9.84. The number of amides is 1. The average Bonchev–Trinajstić information content (AvgIpc) is 3.18. The van der Waals surface area contributed by atoms with Gasteiger partial charge in [0.1, 0.15) is 30.5 Å². The summed E-state index contributed by atoms with van der Waals surface area (Å²) >= 11 is 0. The number of nitro benzene ring substituents is 1. The summed E-state index contributed by atoms with van der Waals surface area (Å²) in [4.78, 5) is 60.2. The first kappa shape index (κ1) is 46.3. The Labute approximate surface area is 332 Å². The number of rotatable bonds is 25. The smallest absolute Gasteiger partial charge is 0.460 e. The summed E-state index contributed by atoms with van der Waals surface area (Å²) in [6, 6.07) is 9.49. The molecule has 0 bridgehead atoms. The number of nitrogens with one attached hydrogen (secondary N) is 1. The number of esters is 1. The van der Waals surface area contributed by atoms with Crippen LogP contribution in [-0.4, -0.2) is 100 Å². The molecular formula is C40H52N2O15. The fourth-order valence-electron chi connectivity index (χ4n) is 5.51. The molecule has 312 valence electrons. The number of nitro groups is 1. The fraction of sp³-hybridized carbons (Fsp3) is 0.550. The second-order valence-electron chi connectivity index (χ2n) is 13.1. The number of ether oxygens (including phenoxy) is 9. The van der Waals surface area contributed by atoms with Gasteiger partial charge in [-0.05, 0) is 49.6 Å². The summed E-state index contributed by atoms with van der Waals surface area (Å²) in [5, 5.41) is 13.7. The highest BCUT2D eigenvalue weighted by atomic mass is 16.7. The zero-order valence-corrected chi connectivity index (χ0v) is 32.8. The van der Waals surface area contributed by atoms with Crippen LogP contribution in [0.2, 0.25) is 0 Å². The van der Waals surface area contributed by atoms with E-state index in [4.69, 9.17) is 49.1 Å². The molecule has 1 amide bonds. The van der Waals surface area contributed by atoms with Crippen LogP contribution in [0.25, 0.3) is 0 Å². The maximum Gasteiger partial charge on any atom is 0.514 e. The van der Waals surface area contributed by atoms with E-state index in [1.165, 1.54) is 37.3 Å². The van der Waals surface area contributed by atoms with Gasteiger partial charge in [0.25, 0.3) is 5.69 Å². The Balaban J connectivity index is 1.52. The van der Waals surface area contributed by atoms with Crippen molar-refractivity contribution in [3.63, 3.8) is 0 Å². The summed E-state index contributed by atoms with van der Waals surface area (Å²) < 4.78 is 49.8. The SMILES string of the molecule is C#CCOCCOCCOCCOCCCC(=O)CCC(=O)Nc1ccc(O[C@@H]2OC(C)[C@@H](C)[C@H](C)C2OC(C)=O)c(COC(=O)Oc2ccc([N+](=O)[O-])cc2)c1. The Hall–Kier alpha value is -5.12.